The van der Waals surface area contributed by atoms with Crippen molar-refractivity contribution in [3.63, 3.8) is 0 Å². The van der Waals surface area contributed by atoms with E-state index in [1.807, 2.05) is 12.1 Å². The summed E-state index contributed by atoms with van der Waals surface area (Å²) in [4.78, 5) is 15.8. The molecule has 56 heavy (non-hydrogen) atoms. The molecule has 260 valence electrons. The lowest BCUT2D eigenvalue weighted by atomic mass is 10.0. The molecule has 0 amide bonds. The summed E-state index contributed by atoms with van der Waals surface area (Å²) in [5.41, 5.74) is 7.46. The highest BCUT2D eigenvalue weighted by molar-refractivity contribution is 6.15. The molecule has 0 radical (unpaired) electrons. The zero-order chi connectivity index (χ0) is 36.7. The van der Waals surface area contributed by atoms with Crippen molar-refractivity contribution in [3.05, 3.63) is 182 Å². The Morgan fingerprint density at radius 3 is 1.82 bits per heavy atom. The number of nitrogens with zero attached hydrogens (tertiary/aromatic N) is 4. The second-order valence-corrected chi connectivity index (χ2v) is 14.4. The third kappa shape index (κ3) is 4.71. The minimum absolute atomic E-state index is 0.545. The number of hydrogen-bond acceptors (Lipinski definition) is 4. The molecule has 0 bridgehead atoms. The van der Waals surface area contributed by atoms with E-state index in [2.05, 4.69) is 174 Å². The number of aromatic nitrogens is 4. The van der Waals surface area contributed by atoms with E-state index in [1.165, 1.54) is 21.5 Å². The van der Waals surface area contributed by atoms with Gasteiger partial charge >= 0.3 is 0 Å². The Labute approximate surface area is 320 Å². The Hall–Kier alpha value is -7.63. The molecule has 0 spiro atoms. The van der Waals surface area contributed by atoms with Crippen molar-refractivity contribution in [3.8, 4) is 39.9 Å². The first-order valence-corrected chi connectivity index (χ1v) is 18.8. The summed E-state index contributed by atoms with van der Waals surface area (Å²) < 4.78 is 9.13. The lowest BCUT2D eigenvalue weighted by molar-refractivity contribution is 0.669. The van der Waals surface area contributed by atoms with Crippen LogP contribution in [0, 0.1) is 0 Å². The van der Waals surface area contributed by atoms with E-state index in [-0.39, 0.29) is 0 Å². The van der Waals surface area contributed by atoms with E-state index in [4.69, 9.17) is 19.4 Å². The second kappa shape index (κ2) is 11.9. The SMILES string of the molecule is c1ccc2cc(-c3nc(-c4cccc5ccccc45)nc(-c4cc(-n5c6ccccc6c6cc7ccccc7cc65)cc5c4oc4ccccc45)n3)ccc2c1. The van der Waals surface area contributed by atoms with Gasteiger partial charge < -0.3 is 8.98 Å². The van der Waals surface area contributed by atoms with Gasteiger partial charge in [0.25, 0.3) is 0 Å². The highest BCUT2D eigenvalue weighted by Crippen LogP contribution is 2.41. The van der Waals surface area contributed by atoms with Gasteiger partial charge in [0.1, 0.15) is 11.2 Å². The molecule has 0 N–H and O–H groups in total. The van der Waals surface area contributed by atoms with Gasteiger partial charge in [0.15, 0.2) is 17.5 Å². The Morgan fingerprint density at radius 1 is 0.357 bits per heavy atom. The van der Waals surface area contributed by atoms with Crippen LogP contribution in [0.4, 0.5) is 0 Å². The summed E-state index contributed by atoms with van der Waals surface area (Å²) >= 11 is 0. The molecular formula is C51H30N4O. The van der Waals surface area contributed by atoms with Crippen molar-refractivity contribution in [1.82, 2.24) is 19.5 Å². The van der Waals surface area contributed by atoms with Gasteiger partial charge in [-0.3, -0.25) is 0 Å². The fourth-order valence-corrected chi connectivity index (χ4v) is 8.54. The van der Waals surface area contributed by atoms with Crippen LogP contribution in [0.15, 0.2) is 186 Å². The van der Waals surface area contributed by atoms with Crippen LogP contribution in [-0.4, -0.2) is 19.5 Å². The molecule has 0 saturated heterocycles. The molecule has 5 heteroatoms. The molecule has 0 unspecified atom stereocenters. The third-order valence-corrected chi connectivity index (χ3v) is 11.2. The van der Waals surface area contributed by atoms with Crippen molar-refractivity contribution >= 4 is 76.1 Å². The van der Waals surface area contributed by atoms with E-state index >= 15 is 0 Å². The molecule has 3 aromatic heterocycles. The first kappa shape index (κ1) is 30.8. The molecule has 3 heterocycles. The van der Waals surface area contributed by atoms with E-state index in [9.17, 15) is 0 Å². The molecule has 5 nitrogen and oxygen atoms in total. The van der Waals surface area contributed by atoms with Gasteiger partial charge in [-0.15, -0.1) is 0 Å². The Balaban J connectivity index is 1.19. The summed E-state index contributed by atoms with van der Waals surface area (Å²) in [5, 5.41) is 11.3. The quantitative estimate of drug-likeness (QED) is 0.182. The zero-order valence-corrected chi connectivity index (χ0v) is 30.0. The predicted molar refractivity (Wildman–Crippen MR) is 230 cm³/mol. The van der Waals surface area contributed by atoms with Crippen molar-refractivity contribution in [2.24, 2.45) is 0 Å². The summed E-state index contributed by atoms with van der Waals surface area (Å²) in [5.74, 6) is 1.75. The van der Waals surface area contributed by atoms with Crippen molar-refractivity contribution < 1.29 is 4.42 Å². The van der Waals surface area contributed by atoms with Gasteiger partial charge in [0.05, 0.1) is 16.6 Å². The van der Waals surface area contributed by atoms with Crippen LogP contribution in [0.5, 0.6) is 0 Å². The molecule has 0 saturated carbocycles. The van der Waals surface area contributed by atoms with E-state index in [0.29, 0.717) is 17.5 Å². The maximum Gasteiger partial charge on any atom is 0.167 e. The average molecular weight is 715 g/mol. The van der Waals surface area contributed by atoms with Crippen molar-refractivity contribution in [2.75, 3.05) is 0 Å². The number of rotatable bonds is 4. The number of furan rings is 1. The van der Waals surface area contributed by atoms with Gasteiger partial charge in [-0.1, -0.05) is 140 Å². The van der Waals surface area contributed by atoms with Crippen LogP contribution in [0.2, 0.25) is 0 Å². The first-order chi connectivity index (χ1) is 27.7. The summed E-state index contributed by atoms with van der Waals surface area (Å²) in [6, 6.07) is 64.0. The Bertz CT molecular complexity index is 3550. The normalized spacial score (nSPS) is 11.9. The maximum atomic E-state index is 6.75. The number of para-hydroxylation sites is 2. The zero-order valence-electron chi connectivity index (χ0n) is 30.0. The summed E-state index contributed by atoms with van der Waals surface area (Å²) in [6.07, 6.45) is 0. The van der Waals surface area contributed by atoms with Crippen LogP contribution in [0.1, 0.15) is 0 Å². The van der Waals surface area contributed by atoms with Crippen LogP contribution in [0.25, 0.3) is 116 Å². The molecule has 0 aliphatic heterocycles. The highest BCUT2D eigenvalue weighted by atomic mass is 16.3. The minimum Gasteiger partial charge on any atom is -0.455 e. The summed E-state index contributed by atoms with van der Waals surface area (Å²) in [7, 11) is 0. The third-order valence-electron chi connectivity index (χ3n) is 11.2. The lowest BCUT2D eigenvalue weighted by Gasteiger charge is -2.13. The van der Waals surface area contributed by atoms with Crippen molar-refractivity contribution in [2.45, 2.75) is 0 Å². The van der Waals surface area contributed by atoms with Crippen molar-refractivity contribution in [1.29, 1.82) is 0 Å². The molecule has 9 aromatic carbocycles. The van der Waals surface area contributed by atoms with Crippen LogP contribution in [-0.2, 0) is 0 Å². The molecule has 12 rings (SSSR count). The monoisotopic (exact) mass is 714 g/mol. The minimum atomic E-state index is 0.545. The van der Waals surface area contributed by atoms with E-state index in [1.54, 1.807) is 0 Å². The van der Waals surface area contributed by atoms with Crippen LogP contribution >= 0.6 is 0 Å². The van der Waals surface area contributed by atoms with Gasteiger partial charge in [-0.05, 0) is 74.8 Å². The molecule has 12 aromatic rings. The lowest BCUT2D eigenvalue weighted by Crippen LogP contribution is -2.02. The fourth-order valence-electron chi connectivity index (χ4n) is 8.54. The standard InChI is InChI=1S/C51H30N4O/c1-2-14-33-26-36(25-24-31(33)12-1)49-52-50(41-21-11-17-32-13-5-6-18-38(32)41)54-51(53-49)44-30-37(29-43-40-20-8-10-23-47(40)56-48(43)44)55-45-22-9-7-19-39(45)42-27-34-15-3-4-16-35(34)28-46(42)55/h1-30H. The smallest absolute Gasteiger partial charge is 0.167 e. The highest BCUT2D eigenvalue weighted by Gasteiger charge is 2.22. The van der Waals surface area contributed by atoms with Gasteiger partial charge in [0.2, 0.25) is 0 Å². The largest absolute Gasteiger partial charge is 0.455 e. The fraction of sp³-hybridized carbons (Fsp3) is 0. The Morgan fingerprint density at radius 2 is 0.982 bits per heavy atom. The van der Waals surface area contributed by atoms with Gasteiger partial charge in [-0.2, -0.15) is 0 Å². The number of benzene rings is 9. The molecule has 0 atom stereocenters. The number of fused-ring (bicyclic) bond motifs is 9. The average Bonchev–Trinajstić information content (AvgIpc) is 3.80. The topological polar surface area (TPSA) is 56.7 Å². The van der Waals surface area contributed by atoms with Gasteiger partial charge in [0, 0.05) is 38.4 Å². The van der Waals surface area contributed by atoms with E-state index < -0.39 is 0 Å². The van der Waals surface area contributed by atoms with Crippen LogP contribution in [0.3, 0.4) is 0 Å². The second-order valence-electron chi connectivity index (χ2n) is 14.4. The Kier molecular flexibility index (Phi) is 6.56. The summed E-state index contributed by atoms with van der Waals surface area (Å²) in [6.45, 7) is 0. The van der Waals surface area contributed by atoms with Crippen LogP contribution < -0.4 is 0 Å². The molecule has 0 aliphatic rings. The predicted octanol–water partition coefficient (Wildman–Crippen LogP) is 13.3. The molecular weight excluding hydrogens is 685 g/mol. The first-order valence-electron chi connectivity index (χ1n) is 18.8. The van der Waals surface area contributed by atoms with E-state index in [0.717, 1.165) is 76.9 Å². The number of hydrogen-bond donors (Lipinski definition) is 0. The van der Waals surface area contributed by atoms with Gasteiger partial charge in [-0.25, -0.2) is 15.0 Å². The molecule has 0 fully saturated rings. The molecule has 0 aliphatic carbocycles. The maximum absolute atomic E-state index is 6.75.